The lowest BCUT2D eigenvalue weighted by molar-refractivity contribution is 0.0572. The Morgan fingerprint density at radius 1 is 1.14 bits per heavy atom. The lowest BCUT2D eigenvalue weighted by Crippen LogP contribution is -2.30. The first-order valence-corrected chi connectivity index (χ1v) is 6.61. The summed E-state index contributed by atoms with van der Waals surface area (Å²) in [4.78, 5) is 13.6. The third kappa shape index (κ3) is 2.61. The van der Waals surface area contributed by atoms with Gasteiger partial charge in [0.25, 0.3) is 5.91 Å². The predicted molar refractivity (Wildman–Crippen MR) is 75.9 cm³/mol. The van der Waals surface area contributed by atoms with E-state index in [0.29, 0.717) is 5.69 Å². The molecule has 1 amide bonds. The number of carbonyl (C=O) groups is 1. The molecule has 2 aromatic rings. The lowest BCUT2D eigenvalue weighted by atomic mass is 10.3. The number of anilines is 1. The highest BCUT2D eigenvalue weighted by Gasteiger charge is 2.33. The zero-order valence-corrected chi connectivity index (χ0v) is 11.3. The van der Waals surface area contributed by atoms with Crippen LogP contribution < -0.4 is 5.73 Å². The number of carbonyl (C=O) groups excluding carboxylic acids is 1. The summed E-state index contributed by atoms with van der Waals surface area (Å²) in [6.45, 7) is 0.240. The Bertz CT molecular complexity index is 642. The number of nitrogens with two attached hydrogens (primary N) is 1. The third-order valence-corrected chi connectivity index (χ3v) is 3.51. The quantitative estimate of drug-likeness (QED) is 0.654. The Kier molecular flexibility index (Phi) is 3.36. The average Bonchev–Trinajstić information content (AvgIpc) is 3.07. The number of aromatic nitrogens is 2. The van der Waals surface area contributed by atoms with Gasteiger partial charge in [0.15, 0.2) is 5.69 Å². The van der Waals surface area contributed by atoms with Crippen molar-refractivity contribution >= 4 is 11.6 Å². The van der Waals surface area contributed by atoms with Crippen molar-refractivity contribution in [1.29, 1.82) is 0 Å². The second kappa shape index (κ2) is 5.19. The van der Waals surface area contributed by atoms with Gasteiger partial charge in [-0.25, -0.2) is 4.68 Å². The molecule has 2 heterocycles. The van der Waals surface area contributed by atoms with Crippen LogP contribution in [0.15, 0.2) is 36.5 Å². The Morgan fingerprint density at radius 3 is 2.38 bits per heavy atom. The summed E-state index contributed by atoms with van der Waals surface area (Å²) in [5.74, 6) is -0.306. The van der Waals surface area contributed by atoms with E-state index in [1.165, 1.54) is 4.90 Å². The van der Waals surface area contributed by atoms with Crippen molar-refractivity contribution in [2.45, 2.75) is 12.2 Å². The number of likely N-dealkylation sites (tertiary alicyclic amines) is 1. The summed E-state index contributed by atoms with van der Waals surface area (Å²) in [5, 5.41) is 23.2. The summed E-state index contributed by atoms with van der Waals surface area (Å²) >= 11 is 0. The fraction of sp³-hybridized carbons (Fsp3) is 0.286. The van der Waals surface area contributed by atoms with Gasteiger partial charge < -0.3 is 20.8 Å². The number of nitrogen functional groups attached to an aromatic ring is 1. The van der Waals surface area contributed by atoms with Crippen LogP contribution in [0.25, 0.3) is 5.69 Å². The number of aliphatic hydroxyl groups excluding tert-OH is 2. The number of rotatable bonds is 2. The first-order chi connectivity index (χ1) is 10.0. The van der Waals surface area contributed by atoms with E-state index in [0.717, 1.165) is 5.69 Å². The average molecular weight is 288 g/mol. The smallest absolute Gasteiger partial charge is 0.274 e. The van der Waals surface area contributed by atoms with Gasteiger partial charge in [-0.2, -0.15) is 5.10 Å². The number of hydrogen-bond acceptors (Lipinski definition) is 5. The number of benzene rings is 1. The molecule has 3 rings (SSSR count). The Hall–Kier alpha value is -2.38. The molecule has 1 saturated heterocycles. The van der Waals surface area contributed by atoms with E-state index in [1.807, 2.05) is 0 Å². The molecule has 1 aliphatic rings. The standard InChI is InChI=1S/C14H16N4O3/c15-9-1-3-10(4-2-9)18-6-5-11(16-18)14(21)17-7-12(19)13(20)8-17/h1-6,12-13,19-20H,7-8,15H2/t12-,13+. The SMILES string of the molecule is Nc1ccc(-n2ccc(C(=O)N3C[C@@H](O)[C@@H](O)C3)n2)cc1. The van der Waals surface area contributed by atoms with Crippen molar-refractivity contribution < 1.29 is 15.0 Å². The highest BCUT2D eigenvalue weighted by molar-refractivity contribution is 5.92. The van der Waals surface area contributed by atoms with Crippen LogP contribution in [0.2, 0.25) is 0 Å². The third-order valence-electron chi connectivity index (χ3n) is 3.51. The van der Waals surface area contributed by atoms with Crippen LogP contribution in [0.1, 0.15) is 10.5 Å². The van der Waals surface area contributed by atoms with E-state index in [9.17, 15) is 15.0 Å². The molecule has 0 radical (unpaired) electrons. The molecule has 0 aliphatic carbocycles. The van der Waals surface area contributed by atoms with Gasteiger partial charge in [-0.3, -0.25) is 4.79 Å². The second-order valence-corrected chi connectivity index (χ2v) is 5.08. The molecule has 110 valence electrons. The number of β-amino-alcohol motifs (C(OH)–C–C–N with tert-alkyl or cyclic N) is 2. The Labute approximate surface area is 121 Å². The number of nitrogens with zero attached hydrogens (tertiary/aromatic N) is 3. The molecule has 1 aromatic carbocycles. The van der Waals surface area contributed by atoms with Gasteiger partial charge in [-0.1, -0.05) is 0 Å². The Morgan fingerprint density at radius 2 is 1.76 bits per heavy atom. The van der Waals surface area contributed by atoms with E-state index < -0.39 is 12.2 Å². The minimum absolute atomic E-state index is 0.120. The molecule has 0 bridgehead atoms. The number of amides is 1. The van der Waals surface area contributed by atoms with Crippen molar-refractivity contribution in [2.75, 3.05) is 18.8 Å². The molecular weight excluding hydrogens is 272 g/mol. The molecule has 7 heteroatoms. The maximum atomic E-state index is 12.2. The van der Waals surface area contributed by atoms with Crippen LogP contribution in [0.4, 0.5) is 5.69 Å². The maximum Gasteiger partial charge on any atom is 0.274 e. The van der Waals surface area contributed by atoms with Crippen molar-refractivity contribution in [2.24, 2.45) is 0 Å². The highest BCUT2D eigenvalue weighted by atomic mass is 16.3. The van der Waals surface area contributed by atoms with E-state index in [-0.39, 0.29) is 24.7 Å². The highest BCUT2D eigenvalue weighted by Crippen LogP contribution is 2.15. The molecule has 0 saturated carbocycles. The molecule has 0 spiro atoms. The second-order valence-electron chi connectivity index (χ2n) is 5.08. The predicted octanol–water partition coefficient (Wildman–Crippen LogP) is -0.368. The summed E-state index contributed by atoms with van der Waals surface area (Å²) in [7, 11) is 0. The molecular formula is C14H16N4O3. The Balaban J connectivity index is 1.79. The lowest BCUT2D eigenvalue weighted by Gasteiger charge is -2.13. The topological polar surface area (TPSA) is 105 Å². The van der Waals surface area contributed by atoms with Crippen molar-refractivity contribution in [3.63, 3.8) is 0 Å². The van der Waals surface area contributed by atoms with Crippen LogP contribution in [0.5, 0.6) is 0 Å². The molecule has 4 N–H and O–H groups in total. The largest absolute Gasteiger partial charge is 0.399 e. The van der Waals surface area contributed by atoms with Crippen molar-refractivity contribution in [3.8, 4) is 5.69 Å². The van der Waals surface area contributed by atoms with E-state index in [1.54, 1.807) is 41.2 Å². The van der Waals surface area contributed by atoms with Crippen LogP contribution in [0.3, 0.4) is 0 Å². The van der Waals surface area contributed by atoms with Crippen LogP contribution in [0, 0.1) is 0 Å². The van der Waals surface area contributed by atoms with E-state index in [4.69, 9.17) is 5.73 Å². The minimum Gasteiger partial charge on any atom is -0.399 e. The van der Waals surface area contributed by atoms with Gasteiger partial charge in [-0.15, -0.1) is 0 Å². The minimum atomic E-state index is -0.895. The fourth-order valence-electron chi connectivity index (χ4n) is 2.31. The zero-order valence-electron chi connectivity index (χ0n) is 11.3. The molecule has 7 nitrogen and oxygen atoms in total. The molecule has 0 unspecified atom stereocenters. The monoisotopic (exact) mass is 288 g/mol. The number of hydrogen-bond donors (Lipinski definition) is 3. The molecule has 2 atom stereocenters. The van der Waals surface area contributed by atoms with Gasteiger partial charge in [0.2, 0.25) is 0 Å². The van der Waals surface area contributed by atoms with E-state index >= 15 is 0 Å². The maximum absolute atomic E-state index is 12.2. The van der Waals surface area contributed by atoms with Crippen molar-refractivity contribution in [1.82, 2.24) is 14.7 Å². The first-order valence-electron chi connectivity index (χ1n) is 6.61. The van der Waals surface area contributed by atoms with Crippen molar-refractivity contribution in [3.05, 3.63) is 42.2 Å². The zero-order chi connectivity index (χ0) is 15.0. The van der Waals surface area contributed by atoms with Crippen LogP contribution in [-0.4, -0.2) is 56.1 Å². The molecule has 21 heavy (non-hydrogen) atoms. The van der Waals surface area contributed by atoms with Gasteiger partial charge in [0, 0.05) is 25.0 Å². The fourth-order valence-corrected chi connectivity index (χ4v) is 2.31. The van der Waals surface area contributed by atoms with Gasteiger partial charge in [-0.05, 0) is 30.3 Å². The molecule has 1 fully saturated rings. The van der Waals surface area contributed by atoms with Gasteiger partial charge >= 0.3 is 0 Å². The van der Waals surface area contributed by atoms with Crippen LogP contribution in [-0.2, 0) is 0 Å². The van der Waals surface area contributed by atoms with E-state index in [2.05, 4.69) is 5.10 Å². The molecule has 1 aromatic heterocycles. The van der Waals surface area contributed by atoms with Gasteiger partial charge in [0.05, 0.1) is 17.9 Å². The van der Waals surface area contributed by atoms with Crippen LogP contribution >= 0.6 is 0 Å². The summed E-state index contributed by atoms with van der Waals surface area (Å²) in [6, 6.07) is 8.73. The molecule has 1 aliphatic heterocycles. The summed E-state index contributed by atoms with van der Waals surface area (Å²) in [6.07, 6.45) is -0.108. The number of aliphatic hydroxyl groups is 2. The normalized spacial score (nSPS) is 21.7. The summed E-state index contributed by atoms with van der Waals surface area (Å²) in [5.41, 5.74) is 7.35. The first kappa shape index (κ1) is 13.6. The summed E-state index contributed by atoms with van der Waals surface area (Å²) < 4.78 is 1.58. The van der Waals surface area contributed by atoms with Gasteiger partial charge in [0.1, 0.15) is 0 Å².